The SMILES string of the molecule is CCN(CC)C(=O)[C@H](c1ccccc1)[NH+](C)CC(=O)Nc1ccccc1SC. The minimum atomic E-state index is -0.414. The molecule has 2 atom stereocenters. The molecule has 0 radical (unpaired) electrons. The van der Waals surface area contributed by atoms with Crippen molar-refractivity contribution in [1.29, 1.82) is 0 Å². The number of benzene rings is 2. The van der Waals surface area contributed by atoms with Gasteiger partial charge in [0.1, 0.15) is 0 Å². The smallest absolute Gasteiger partial charge is 0.285 e. The van der Waals surface area contributed by atoms with Gasteiger partial charge >= 0.3 is 0 Å². The Balaban J connectivity index is 2.19. The van der Waals surface area contributed by atoms with Crippen molar-refractivity contribution in [3.8, 4) is 0 Å². The summed E-state index contributed by atoms with van der Waals surface area (Å²) in [4.78, 5) is 29.5. The summed E-state index contributed by atoms with van der Waals surface area (Å²) in [6, 6.07) is 17.0. The first-order chi connectivity index (χ1) is 13.5. The third-order valence-electron chi connectivity index (χ3n) is 4.77. The number of carbonyl (C=O) groups excluding carboxylic acids is 2. The summed E-state index contributed by atoms with van der Waals surface area (Å²) < 4.78 is 0. The highest BCUT2D eigenvalue weighted by molar-refractivity contribution is 7.98. The zero-order valence-corrected chi connectivity index (χ0v) is 17.9. The molecule has 0 aromatic heterocycles. The Morgan fingerprint density at radius 1 is 1.04 bits per heavy atom. The van der Waals surface area contributed by atoms with Gasteiger partial charge in [-0.1, -0.05) is 42.5 Å². The molecule has 6 heteroatoms. The average molecular weight is 401 g/mol. The number of hydrogen-bond donors (Lipinski definition) is 2. The lowest BCUT2D eigenvalue weighted by Gasteiger charge is -2.29. The third kappa shape index (κ3) is 5.59. The van der Waals surface area contributed by atoms with E-state index in [2.05, 4.69) is 5.32 Å². The number of carbonyl (C=O) groups is 2. The Bertz CT molecular complexity index is 778. The van der Waals surface area contributed by atoms with Gasteiger partial charge in [-0.15, -0.1) is 11.8 Å². The van der Waals surface area contributed by atoms with Crippen molar-refractivity contribution >= 4 is 29.3 Å². The van der Waals surface area contributed by atoms with Crippen LogP contribution in [0, 0.1) is 0 Å². The van der Waals surface area contributed by atoms with Crippen molar-refractivity contribution in [2.45, 2.75) is 24.8 Å². The summed E-state index contributed by atoms with van der Waals surface area (Å²) in [7, 11) is 1.90. The molecule has 150 valence electrons. The van der Waals surface area contributed by atoms with Crippen molar-refractivity contribution in [2.75, 3.05) is 38.3 Å². The summed E-state index contributed by atoms with van der Waals surface area (Å²) >= 11 is 1.59. The molecular formula is C22H30N3O2S+. The van der Waals surface area contributed by atoms with Gasteiger partial charge in [-0.25, -0.2) is 0 Å². The molecule has 5 nitrogen and oxygen atoms in total. The maximum Gasteiger partial charge on any atom is 0.285 e. The molecule has 28 heavy (non-hydrogen) atoms. The van der Waals surface area contributed by atoms with Gasteiger partial charge in [0.25, 0.3) is 11.8 Å². The Kier molecular flexibility index (Phi) is 8.54. The van der Waals surface area contributed by atoms with Crippen LogP contribution in [0.3, 0.4) is 0 Å². The first-order valence-corrected chi connectivity index (χ1v) is 10.8. The number of likely N-dealkylation sites (N-methyl/N-ethyl adjacent to an activating group) is 2. The van der Waals surface area contributed by atoms with Crippen LogP contribution in [0.5, 0.6) is 0 Å². The summed E-state index contributed by atoms with van der Waals surface area (Å²) in [6.07, 6.45) is 1.98. The molecule has 2 rings (SSSR count). The second-order valence-corrected chi connectivity index (χ2v) is 7.47. The van der Waals surface area contributed by atoms with Gasteiger partial charge in [0, 0.05) is 23.5 Å². The number of nitrogens with one attached hydrogen (secondary N) is 2. The monoisotopic (exact) mass is 400 g/mol. The van der Waals surface area contributed by atoms with Crippen molar-refractivity contribution in [1.82, 2.24) is 4.90 Å². The third-order valence-corrected chi connectivity index (χ3v) is 5.56. The fraction of sp³-hybridized carbons (Fsp3) is 0.364. The molecule has 0 saturated heterocycles. The Morgan fingerprint density at radius 3 is 2.25 bits per heavy atom. The zero-order chi connectivity index (χ0) is 20.5. The molecule has 2 amide bonds. The largest absolute Gasteiger partial charge is 0.338 e. The molecule has 0 spiro atoms. The van der Waals surface area contributed by atoms with Gasteiger partial charge in [0.05, 0.1) is 12.7 Å². The van der Waals surface area contributed by atoms with Crippen LogP contribution in [0.4, 0.5) is 5.69 Å². The maximum atomic E-state index is 13.2. The molecule has 2 aromatic rings. The van der Waals surface area contributed by atoms with Crippen LogP contribution >= 0.6 is 11.8 Å². The molecule has 0 aliphatic carbocycles. The van der Waals surface area contributed by atoms with Gasteiger partial charge in [0.2, 0.25) is 0 Å². The highest BCUT2D eigenvalue weighted by Crippen LogP contribution is 2.24. The van der Waals surface area contributed by atoms with Crippen molar-refractivity contribution < 1.29 is 14.5 Å². The van der Waals surface area contributed by atoms with Gasteiger partial charge in [0.15, 0.2) is 12.6 Å². The van der Waals surface area contributed by atoms with Crippen LogP contribution < -0.4 is 10.2 Å². The van der Waals surface area contributed by atoms with Crippen LogP contribution in [0.2, 0.25) is 0 Å². The highest BCUT2D eigenvalue weighted by atomic mass is 32.2. The summed E-state index contributed by atoms with van der Waals surface area (Å²) in [5.74, 6) is -0.0571. The quantitative estimate of drug-likeness (QED) is 0.636. The predicted octanol–water partition coefficient (Wildman–Crippen LogP) is 2.47. The van der Waals surface area contributed by atoms with E-state index in [0.717, 1.165) is 21.0 Å². The fourth-order valence-corrected chi connectivity index (χ4v) is 3.85. The van der Waals surface area contributed by atoms with Crippen LogP contribution in [0.15, 0.2) is 59.5 Å². The Morgan fingerprint density at radius 2 is 1.64 bits per heavy atom. The average Bonchev–Trinajstić information content (AvgIpc) is 2.70. The van der Waals surface area contributed by atoms with Gasteiger partial charge in [-0.05, 0) is 32.2 Å². The molecule has 0 heterocycles. The lowest BCUT2D eigenvalue weighted by atomic mass is 10.0. The molecule has 0 aliphatic rings. The second-order valence-electron chi connectivity index (χ2n) is 6.63. The van der Waals surface area contributed by atoms with Crippen molar-refractivity contribution in [2.24, 2.45) is 0 Å². The molecule has 0 fully saturated rings. The van der Waals surface area contributed by atoms with Crippen LogP contribution in [0.1, 0.15) is 25.5 Å². The van der Waals surface area contributed by atoms with E-state index in [9.17, 15) is 9.59 Å². The van der Waals surface area contributed by atoms with E-state index in [4.69, 9.17) is 0 Å². The normalized spacial score (nSPS) is 12.9. The number of quaternary nitrogens is 1. The van der Waals surface area contributed by atoms with E-state index in [1.165, 1.54) is 0 Å². The summed E-state index contributed by atoms with van der Waals surface area (Å²) in [6.45, 7) is 5.46. The highest BCUT2D eigenvalue weighted by Gasteiger charge is 2.33. The van der Waals surface area contributed by atoms with Gasteiger partial charge in [-0.3, -0.25) is 9.59 Å². The number of hydrogen-bond acceptors (Lipinski definition) is 3. The lowest BCUT2D eigenvalue weighted by Crippen LogP contribution is -3.11. The van der Waals surface area contributed by atoms with E-state index in [0.29, 0.717) is 13.1 Å². The number of amides is 2. The maximum absolute atomic E-state index is 13.2. The second kappa shape index (κ2) is 10.9. The summed E-state index contributed by atoms with van der Waals surface area (Å²) in [5.41, 5.74) is 1.73. The van der Waals surface area contributed by atoms with E-state index in [1.807, 2.05) is 86.6 Å². The zero-order valence-electron chi connectivity index (χ0n) is 17.1. The van der Waals surface area contributed by atoms with Gasteiger partial charge < -0.3 is 15.1 Å². The van der Waals surface area contributed by atoms with Crippen LogP contribution in [-0.4, -0.2) is 49.7 Å². The van der Waals surface area contributed by atoms with Crippen LogP contribution in [-0.2, 0) is 9.59 Å². The Hall–Kier alpha value is -2.31. The van der Waals surface area contributed by atoms with Gasteiger partial charge in [-0.2, -0.15) is 0 Å². The first-order valence-electron chi connectivity index (χ1n) is 9.60. The minimum Gasteiger partial charge on any atom is -0.338 e. The van der Waals surface area contributed by atoms with Crippen LogP contribution in [0.25, 0.3) is 0 Å². The van der Waals surface area contributed by atoms with E-state index in [-0.39, 0.29) is 18.4 Å². The number of rotatable bonds is 9. The number of nitrogens with zero attached hydrogens (tertiary/aromatic N) is 1. The number of para-hydroxylation sites is 1. The predicted molar refractivity (Wildman–Crippen MR) is 116 cm³/mol. The van der Waals surface area contributed by atoms with E-state index in [1.54, 1.807) is 11.8 Å². The molecule has 0 aliphatic heterocycles. The number of anilines is 1. The van der Waals surface area contributed by atoms with Crippen molar-refractivity contribution in [3.63, 3.8) is 0 Å². The molecule has 1 unspecified atom stereocenters. The molecular weight excluding hydrogens is 370 g/mol. The van der Waals surface area contributed by atoms with E-state index >= 15 is 0 Å². The lowest BCUT2D eigenvalue weighted by molar-refractivity contribution is -0.894. The number of thioether (sulfide) groups is 1. The standard InChI is InChI=1S/C22H29N3O2S/c1-5-25(6-2)22(27)21(17-12-8-7-9-13-17)24(3)16-20(26)23-18-14-10-11-15-19(18)28-4/h7-15,21H,5-6,16H2,1-4H3,(H,23,26)/p+1/t21-/m0/s1. The van der Waals surface area contributed by atoms with Crippen molar-refractivity contribution in [3.05, 3.63) is 60.2 Å². The summed E-state index contributed by atoms with van der Waals surface area (Å²) in [5, 5.41) is 2.99. The topological polar surface area (TPSA) is 53.9 Å². The van der Waals surface area contributed by atoms with E-state index < -0.39 is 6.04 Å². The fourth-order valence-electron chi connectivity index (χ4n) is 3.30. The molecule has 0 saturated carbocycles. The minimum absolute atomic E-state index is 0.0472. The molecule has 2 aromatic carbocycles. The Labute approximate surface area is 172 Å². The first kappa shape index (κ1) is 22.0. The molecule has 0 bridgehead atoms. The molecule has 2 N–H and O–H groups in total.